The summed E-state index contributed by atoms with van der Waals surface area (Å²) in [6.45, 7) is 0.716. The molecule has 0 aliphatic rings. The molecule has 3 nitrogen and oxygen atoms in total. The lowest BCUT2D eigenvalue weighted by Gasteiger charge is -2.08. The molecule has 0 fully saturated rings. The molecule has 3 aromatic rings. The van der Waals surface area contributed by atoms with Crippen LogP contribution in [0.2, 0.25) is 0 Å². The number of hydrogen-bond acceptors (Lipinski definition) is 2. The van der Waals surface area contributed by atoms with E-state index in [2.05, 4.69) is 39.4 Å². The summed E-state index contributed by atoms with van der Waals surface area (Å²) < 4.78 is 6.24. The molecule has 0 spiro atoms. The molecule has 0 heterocycles. The standard InChI is InChI=1S/C19H16BrNO2/c20-18-9-8-16-7-6-15(10-17(16)11-18)12-21-19(22)23-13-14-4-2-1-3-5-14/h1-11H,12-13H2,(H,21,22). The van der Waals surface area contributed by atoms with Crippen LogP contribution in [0.25, 0.3) is 10.8 Å². The van der Waals surface area contributed by atoms with Crippen molar-refractivity contribution in [2.75, 3.05) is 0 Å². The highest BCUT2D eigenvalue weighted by Gasteiger charge is 2.03. The van der Waals surface area contributed by atoms with Gasteiger partial charge < -0.3 is 10.1 Å². The Morgan fingerprint density at radius 2 is 1.70 bits per heavy atom. The first-order valence-corrected chi connectivity index (χ1v) is 8.13. The Morgan fingerprint density at radius 3 is 2.52 bits per heavy atom. The molecule has 116 valence electrons. The van der Waals surface area contributed by atoms with Crippen LogP contribution >= 0.6 is 15.9 Å². The number of amides is 1. The number of ether oxygens (including phenoxy) is 1. The van der Waals surface area contributed by atoms with E-state index in [1.807, 2.05) is 48.5 Å². The van der Waals surface area contributed by atoms with E-state index in [1.54, 1.807) is 0 Å². The first-order chi connectivity index (χ1) is 11.2. The molecule has 0 atom stereocenters. The summed E-state index contributed by atoms with van der Waals surface area (Å²) in [4.78, 5) is 11.8. The van der Waals surface area contributed by atoms with Crippen molar-refractivity contribution < 1.29 is 9.53 Å². The minimum absolute atomic E-state index is 0.275. The van der Waals surface area contributed by atoms with Crippen molar-refractivity contribution in [2.45, 2.75) is 13.2 Å². The number of halogens is 1. The smallest absolute Gasteiger partial charge is 0.407 e. The molecule has 0 saturated carbocycles. The van der Waals surface area contributed by atoms with E-state index < -0.39 is 6.09 Å². The SMILES string of the molecule is O=C(NCc1ccc2ccc(Br)cc2c1)OCc1ccccc1. The summed E-state index contributed by atoms with van der Waals surface area (Å²) in [5.74, 6) is 0. The van der Waals surface area contributed by atoms with Gasteiger partial charge in [0.05, 0.1) is 0 Å². The van der Waals surface area contributed by atoms with Crippen LogP contribution in [-0.4, -0.2) is 6.09 Å². The van der Waals surface area contributed by atoms with Gasteiger partial charge in [0.1, 0.15) is 6.61 Å². The maximum Gasteiger partial charge on any atom is 0.407 e. The number of alkyl carbamates (subject to hydrolysis) is 1. The summed E-state index contributed by atoms with van der Waals surface area (Å²) in [7, 11) is 0. The maximum atomic E-state index is 11.8. The van der Waals surface area contributed by atoms with Crippen molar-refractivity contribution in [3.63, 3.8) is 0 Å². The van der Waals surface area contributed by atoms with Crippen LogP contribution in [0.15, 0.2) is 71.2 Å². The molecule has 0 radical (unpaired) electrons. The minimum Gasteiger partial charge on any atom is -0.445 e. The Hall–Kier alpha value is -2.33. The van der Waals surface area contributed by atoms with Crippen molar-refractivity contribution in [2.24, 2.45) is 0 Å². The summed E-state index contributed by atoms with van der Waals surface area (Å²) in [5.41, 5.74) is 2.01. The van der Waals surface area contributed by atoms with Gasteiger partial charge in [-0.05, 0) is 40.1 Å². The van der Waals surface area contributed by atoms with Gasteiger partial charge in [-0.15, -0.1) is 0 Å². The van der Waals surface area contributed by atoms with Crippen LogP contribution in [0.5, 0.6) is 0 Å². The fraction of sp³-hybridized carbons (Fsp3) is 0.105. The number of hydrogen-bond donors (Lipinski definition) is 1. The molecular weight excluding hydrogens is 354 g/mol. The second-order valence-electron chi connectivity index (χ2n) is 5.24. The number of benzene rings is 3. The highest BCUT2D eigenvalue weighted by molar-refractivity contribution is 9.10. The third-order valence-corrected chi connectivity index (χ3v) is 4.01. The number of nitrogens with one attached hydrogen (secondary N) is 1. The van der Waals surface area contributed by atoms with Gasteiger partial charge in [0.15, 0.2) is 0 Å². The molecule has 23 heavy (non-hydrogen) atoms. The fourth-order valence-electron chi connectivity index (χ4n) is 2.33. The monoisotopic (exact) mass is 369 g/mol. The molecule has 4 heteroatoms. The van der Waals surface area contributed by atoms with Gasteiger partial charge in [0.2, 0.25) is 0 Å². The van der Waals surface area contributed by atoms with E-state index in [4.69, 9.17) is 4.74 Å². The Bertz CT molecular complexity index is 818. The second-order valence-corrected chi connectivity index (χ2v) is 6.16. The quantitative estimate of drug-likeness (QED) is 0.700. The van der Waals surface area contributed by atoms with Crippen LogP contribution in [0.4, 0.5) is 4.79 Å². The van der Waals surface area contributed by atoms with Crippen LogP contribution in [0.3, 0.4) is 0 Å². The van der Waals surface area contributed by atoms with Crippen LogP contribution in [0.1, 0.15) is 11.1 Å². The van der Waals surface area contributed by atoms with Crippen molar-refractivity contribution in [3.8, 4) is 0 Å². The largest absolute Gasteiger partial charge is 0.445 e. The zero-order valence-electron chi connectivity index (χ0n) is 12.5. The van der Waals surface area contributed by atoms with Gasteiger partial charge >= 0.3 is 6.09 Å². The summed E-state index contributed by atoms with van der Waals surface area (Å²) in [6, 6.07) is 21.9. The van der Waals surface area contributed by atoms with Crippen LogP contribution in [0, 0.1) is 0 Å². The lowest BCUT2D eigenvalue weighted by molar-refractivity contribution is 0.139. The minimum atomic E-state index is -0.414. The van der Waals surface area contributed by atoms with E-state index in [0.717, 1.165) is 21.0 Å². The van der Waals surface area contributed by atoms with Crippen molar-refractivity contribution >= 4 is 32.8 Å². The molecule has 3 rings (SSSR count). The Kier molecular flexibility index (Phi) is 4.93. The topological polar surface area (TPSA) is 38.3 Å². The predicted molar refractivity (Wildman–Crippen MR) is 95.1 cm³/mol. The zero-order chi connectivity index (χ0) is 16.1. The van der Waals surface area contributed by atoms with Crippen molar-refractivity contribution in [3.05, 3.63) is 82.3 Å². The first-order valence-electron chi connectivity index (χ1n) is 7.33. The average Bonchev–Trinajstić information content (AvgIpc) is 2.58. The van der Waals surface area contributed by atoms with Crippen molar-refractivity contribution in [1.82, 2.24) is 5.32 Å². The van der Waals surface area contributed by atoms with Gasteiger partial charge in [0.25, 0.3) is 0 Å². The zero-order valence-corrected chi connectivity index (χ0v) is 14.0. The Morgan fingerprint density at radius 1 is 0.913 bits per heavy atom. The molecular formula is C19H16BrNO2. The Labute approximate surface area is 143 Å². The highest BCUT2D eigenvalue weighted by Crippen LogP contribution is 2.21. The molecule has 0 unspecified atom stereocenters. The first kappa shape index (κ1) is 15.6. The van der Waals surface area contributed by atoms with E-state index in [0.29, 0.717) is 6.54 Å². The number of carbonyl (C=O) groups excluding carboxylic acids is 1. The van der Waals surface area contributed by atoms with Gasteiger partial charge in [-0.2, -0.15) is 0 Å². The van der Waals surface area contributed by atoms with E-state index >= 15 is 0 Å². The van der Waals surface area contributed by atoms with E-state index in [1.165, 1.54) is 5.39 Å². The third kappa shape index (κ3) is 4.33. The fourth-order valence-corrected chi connectivity index (χ4v) is 2.70. The normalized spacial score (nSPS) is 10.5. The molecule has 0 bridgehead atoms. The van der Waals surface area contributed by atoms with Gasteiger partial charge in [-0.3, -0.25) is 0 Å². The lowest BCUT2D eigenvalue weighted by atomic mass is 10.1. The van der Waals surface area contributed by atoms with Gasteiger partial charge in [-0.1, -0.05) is 64.5 Å². The highest BCUT2D eigenvalue weighted by atomic mass is 79.9. The summed E-state index contributed by atoms with van der Waals surface area (Å²) in [6.07, 6.45) is -0.414. The molecule has 0 saturated heterocycles. The van der Waals surface area contributed by atoms with Crippen LogP contribution in [-0.2, 0) is 17.9 Å². The maximum absolute atomic E-state index is 11.8. The van der Waals surface area contributed by atoms with Gasteiger partial charge in [0, 0.05) is 11.0 Å². The average molecular weight is 370 g/mol. The summed E-state index contributed by atoms with van der Waals surface area (Å²) in [5, 5.41) is 5.08. The molecule has 0 aliphatic carbocycles. The number of fused-ring (bicyclic) bond motifs is 1. The lowest BCUT2D eigenvalue weighted by Crippen LogP contribution is -2.23. The van der Waals surface area contributed by atoms with Gasteiger partial charge in [-0.25, -0.2) is 4.79 Å². The molecule has 1 N–H and O–H groups in total. The molecule has 3 aromatic carbocycles. The van der Waals surface area contributed by atoms with Crippen molar-refractivity contribution in [1.29, 1.82) is 0 Å². The molecule has 0 aromatic heterocycles. The van der Waals surface area contributed by atoms with E-state index in [9.17, 15) is 4.79 Å². The third-order valence-electron chi connectivity index (χ3n) is 3.52. The predicted octanol–water partition coefficient (Wildman–Crippen LogP) is 5.03. The molecule has 1 amide bonds. The summed E-state index contributed by atoms with van der Waals surface area (Å²) >= 11 is 3.47. The number of carbonyl (C=O) groups is 1. The molecule has 0 aliphatic heterocycles. The Balaban J connectivity index is 1.56. The van der Waals surface area contributed by atoms with E-state index in [-0.39, 0.29) is 6.61 Å². The van der Waals surface area contributed by atoms with Crippen LogP contribution < -0.4 is 5.32 Å². The number of rotatable bonds is 4. The second kappa shape index (κ2) is 7.29.